The van der Waals surface area contributed by atoms with Gasteiger partial charge in [-0.25, -0.2) is 0 Å². The highest BCUT2D eigenvalue weighted by Gasteiger charge is 2.58. The molecule has 4 nitrogen and oxygen atoms in total. The van der Waals surface area contributed by atoms with Gasteiger partial charge in [-0.1, -0.05) is 30.7 Å². The Hall–Kier alpha value is -2.46. The molecule has 0 aliphatic heterocycles. The van der Waals surface area contributed by atoms with E-state index in [2.05, 4.69) is 0 Å². The molecule has 0 saturated heterocycles. The molecule has 1 aliphatic carbocycles. The number of halogens is 1. The van der Waals surface area contributed by atoms with Crippen LogP contribution in [0, 0.1) is 10.8 Å². The number of benzene rings is 2. The first kappa shape index (κ1) is 22.2. The largest absolute Gasteiger partial charge is 0.496 e. The molecular weight excluding hydrogens is 400 g/mol. The Kier molecular flexibility index (Phi) is 5.68. The van der Waals surface area contributed by atoms with Crippen LogP contribution in [0.5, 0.6) is 5.75 Å². The topological polar surface area (TPSA) is 60.4 Å². The van der Waals surface area contributed by atoms with Crippen molar-refractivity contribution in [1.29, 1.82) is 0 Å². The zero-order chi connectivity index (χ0) is 22.4. The predicted octanol–water partition coefficient (Wildman–Crippen LogP) is 5.43. The molecule has 0 radical (unpaired) electrons. The average molecular weight is 427 g/mol. The van der Waals surface area contributed by atoms with Gasteiger partial charge in [-0.3, -0.25) is 14.4 Å². The number of ether oxygens (including phenoxy) is 1. The molecule has 0 atom stereocenters. The van der Waals surface area contributed by atoms with Gasteiger partial charge >= 0.3 is 0 Å². The first-order valence-electron chi connectivity index (χ1n) is 10.1. The molecular formula is C25H27ClO4. The van der Waals surface area contributed by atoms with Gasteiger partial charge in [0.1, 0.15) is 11.7 Å². The van der Waals surface area contributed by atoms with Gasteiger partial charge in [0.2, 0.25) is 0 Å². The summed E-state index contributed by atoms with van der Waals surface area (Å²) in [6.07, 6.45) is 0.666. The Bertz CT molecular complexity index is 1020. The predicted molar refractivity (Wildman–Crippen MR) is 118 cm³/mol. The van der Waals surface area contributed by atoms with E-state index >= 15 is 0 Å². The van der Waals surface area contributed by atoms with E-state index in [4.69, 9.17) is 16.3 Å². The third-order valence-electron chi connectivity index (χ3n) is 6.20. The molecule has 30 heavy (non-hydrogen) atoms. The van der Waals surface area contributed by atoms with Crippen molar-refractivity contribution in [1.82, 2.24) is 0 Å². The third-order valence-corrected chi connectivity index (χ3v) is 6.44. The van der Waals surface area contributed by atoms with E-state index in [9.17, 15) is 14.4 Å². The Labute approximate surface area is 182 Å². The SMILES string of the molecule is CCc1ccc(-c2ccc(Cl)cc2OC)cc1C1C(=O)C(C)(C)C(=O)C(C)(C)C1=O. The van der Waals surface area contributed by atoms with Crippen molar-refractivity contribution in [3.63, 3.8) is 0 Å². The fraction of sp³-hybridized carbons (Fsp3) is 0.400. The van der Waals surface area contributed by atoms with Crippen LogP contribution in [0.4, 0.5) is 0 Å². The molecule has 0 spiro atoms. The fourth-order valence-corrected chi connectivity index (χ4v) is 4.55. The molecule has 3 rings (SSSR count). The van der Waals surface area contributed by atoms with Gasteiger partial charge in [-0.2, -0.15) is 0 Å². The van der Waals surface area contributed by atoms with Crippen molar-refractivity contribution in [3.8, 4) is 16.9 Å². The molecule has 0 N–H and O–H groups in total. The molecule has 1 aliphatic rings. The van der Waals surface area contributed by atoms with Crippen LogP contribution in [0.1, 0.15) is 51.7 Å². The number of carbonyl (C=O) groups excluding carboxylic acids is 3. The number of methoxy groups -OCH3 is 1. The molecule has 2 aromatic rings. The molecule has 5 heteroatoms. The van der Waals surface area contributed by atoms with E-state index in [1.165, 1.54) is 0 Å². The van der Waals surface area contributed by atoms with E-state index in [1.807, 2.05) is 31.2 Å². The minimum Gasteiger partial charge on any atom is -0.496 e. The van der Waals surface area contributed by atoms with Crippen molar-refractivity contribution in [2.24, 2.45) is 10.8 Å². The highest BCUT2D eigenvalue weighted by atomic mass is 35.5. The molecule has 0 heterocycles. The Morgan fingerprint density at radius 1 is 0.933 bits per heavy atom. The number of ketones is 3. The smallest absolute Gasteiger partial charge is 0.160 e. The standard InChI is InChI=1S/C25H27ClO4/c1-7-14-8-9-15(17-11-10-16(26)13-19(17)30-6)12-18(14)20-21(27)24(2,3)23(29)25(4,5)22(20)28/h8-13,20H,7H2,1-6H3. The summed E-state index contributed by atoms with van der Waals surface area (Å²) < 4.78 is 5.48. The summed E-state index contributed by atoms with van der Waals surface area (Å²) in [4.78, 5) is 39.6. The first-order chi connectivity index (χ1) is 14.0. The van der Waals surface area contributed by atoms with Gasteiger partial charge in [-0.05, 0) is 75.1 Å². The van der Waals surface area contributed by atoms with Crippen molar-refractivity contribution in [2.75, 3.05) is 7.11 Å². The van der Waals surface area contributed by atoms with Crippen LogP contribution in [0.25, 0.3) is 11.1 Å². The van der Waals surface area contributed by atoms with Gasteiger partial charge in [0.25, 0.3) is 0 Å². The highest BCUT2D eigenvalue weighted by molar-refractivity contribution is 6.31. The van der Waals surface area contributed by atoms with Crippen LogP contribution < -0.4 is 4.74 Å². The molecule has 0 unspecified atom stereocenters. The molecule has 0 amide bonds. The molecule has 158 valence electrons. The summed E-state index contributed by atoms with van der Waals surface area (Å²) in [5.74, 6) is -1.37. The summed E-state index contributed by atoms with van der Waals surface area (Å²) in [6, 6.07) is 11.1. The second kappa shape index (κ2) is 7.66. The van der Waals surface area contributed by atoms with Crippen LogP contribution in [0.3, 0.4) is 0 Å². The lowest BCUT2D eigenvalue weighted by Gasteiger charge is -2.41. The lowest BCUT2D eigenvalue weighted by Crippen LogP contribution is -2.56. The highest BCUT2D eigenvalue weighted by Crippen LogP contribution is 2.46. The third kappa shape index (κ3) is 3.37. The number of carbonyl (C=O) groups is 3. The van der Waals surface area contributed by atoms with Crippen molar-refractivity contribution >= 4 is 29.0 Å². The number of aryl methyl sites for hydroxylation is 1. The van der Waals surface area contributed by atoms with Crippen LogP contribution in [-0.2, 0) is 20.8 Å². The molecule has 0 bridgehead atoms. The van der Waals surface area contributed by atoms with Crippen LogP contribution in [0.15, 0.2) is 36.4 Å². The quantitative estimate of drug-likeness (QED) is 0.611. The number of rotatable bonds is 4. The second-order valence-corrected chi connectivity index (χ2v) is 9.29. The second-order valence-electron chi connectivity index (χ2n) is 8.85. The average Bonchev–Trinajstić information content (AvgIpc) is 2.72. The van der Waals surface area contributed by atoms with Gasteiger partial charge in [-0.15, -0.1) is 0 Å². The van der Waals surface area contributed by atoms with Crippen LogP contribution in [0.2, 0.25) is 5.02 Å². The molecule has 2 aromatic carbocycles. The minimum atomic E-state index is -1.22. The summed E-state index contributed by atoms with van der Waals surface area (Å²) in [5.41, 5.74) is 0.775. The number of hydrogen-bond donors (Lipinski definition) is 0. The zero-order valence-electron chi connectivity index (χ0n) is 18.3. The van der Waals surface area contributed by atoms with E-state index in [1.54, 1.807) is 46.9 Å². The summed E-state index contributed by atoms with van der Waals surface area (Å²) in [5, 5.41) is 0.556. The fourth-order valence-electron chi connectivity index (χ4n) is 4.38. The minimum absolute atomic E-state index is 0.324. The van der Waals surface area contributed by atoms with E-state index < -0.39 is 16.7 Å². The van der Waals surface area contributed by atoms with Crippen LogP contribution in [-0.4, -0.2) is 24.5 Å². The number of hydrogen-bond acceptors (Lipinski definition) is 4. The maximum absolute atomic E-state index is 13.4. The van der Waals surface area contributed by atoms with E-state index in [0.29, 0.717) is 22.8 Å². The van der Waals surface area contributed by atoms with Crippen molar-refractivity contribution in [3.05, 3.63) is 52.5 Å². The van der Waals surface area contributed by atoms with Gasteiger partial charge in [0.05, 0.1) is 17.9 Å². The van der Waals surface area contributed by atoms with Gasteiger partial charge < -0.3 is 4.74 Å². The van der Waals surface area contributed by atoms with E-state index in [-0.39, 0.29) is 17.3 Å². The maximum atomic E-state index is 13.4. The van der Waals surface area contributed by atoms with Crippen LogP contribution >= 0.6 is 11.6 Å². The summed E-state index contributed by atoms with van der Waals surface area (Å²) >= 11 is 6.10. The Morgan fingerprint density at radius 2 is 1.53 bits per heavy atom. The summed E-state index contributed by atoms with van der Waals surface area (Å²) in [6.45, 7) is 8.47. The molecule has 1 saturated carbocycles. The summed E-state index contributed by atoms with van der Waals surface area (Å²) in [7, 11) is 1.57. The monoisotopic (exact) mass is 426 g/mol. The molecule has 1 fully saturated rings. The van der Waals surface area contributed by atoms with Gasteiger partial charge in [0, 0.05) is 10.6 Å². The van der Waals surface area contributed by atoms with Gasteiger partial charge in [0.15, 0.2) is 17.3 Å². The Balaban J connectivity index is 2.23. The first-order valence-corrected chi connectivity index (χ1v) is 10.4. The maximum Gasteiger partial charge on any atom is 0.160 e. The Morgan fingerprint density at radius 3 is 2.07 bits per heavy atom. The van der Waals surface area contributed by atoms with E-state index in [0.717, 1.165) is 16.7 Å². The lowest BCUT2D eigenvalue weighted by molar-refractivity contribution is -0.157. The zero-order valence-corrected chi connectivity index (χ0v) is 19.0. The van der Waals surface area contributed by atoms with Crippen molar-refractivity contribution in [2.45, 2.75) is 47.0 Å². The lowest BCUT2D eigenvalue weighted by atomic mass is 9.57. The normalized spacial score (nSPS) is 18.6. The van der Waals surface area contributed by atoms with Crippen molar-refractivity contribution < 1.29 is 19.1 Å². The molecule has 0 aromatic heterocycles. The number of Topliss-reactive ketones (excluding diaryl/α,β-unsaturated/α-hetero) is 3.